The maximum Gasteiger partial charge on any atom is 0.223 e. The van der Waals surface area contributed by atoms with Crippen LogP contribution in [0.1, 0.15) is 58.8 Å². The Labute approximate surface area is 105 Å². The van der Waals surface area contributed by atoms with Crippen molar-refractivity contribution in [3.63, 3.8) is 0 Å². The summed E-state index contributed by atoms with van der Waals surface area (Å²) in [6, 6.07) is 2.59. The summed E-state index contributed by atoms with van der Waals surface area (Å²) in [4.78, 5) is 11.9. The standard InChI is InChI=1S/C14H24N2O/c1-3-12(4-2)14(17)16-13-7-5-11(6-8-13)9-10-15/h11-13H,3-9H2,1-2H3,(H,16,17). The van der Waals surface area contributed by atoms with Gasteiger partial charge in [0, 0.05) is 18.4 Å². The molecule has 0 bridgehead atoms. The molecule has 1 amide bonds. The molecule has 96 valence electrons. The Bertz CT molecular complexity index is 270. The lowest BCUT2D eigenvalue weighted by Gasteiger charge is -2.29. The molecule has 1 saturated carbocycles. The van der Waals surface area contributed by atoms with Gasteiger partial charge in [0.15, 0.2) is 0 Å². The Kier molecular flexibility index (Phi) is 6.04. The zero-order chi connectivity index (χ0) is 12.7. The zero-order valence-corrected chi connectivity index (χ0v) is 11.0. The monoisotopic (exact) mass is 236 g/mol. The average molecular weight is 236 g/mol. The quantitative estimate of drug-likeness (QED) is 0.797. The van der Waals surface area contributed by atoms with Crippen LogP contribution < -0.4 is 5.32 Å². The van der Waals surface area contributed by atoms with Crippen molar-refractivity contribution in [2.45, 2.75) is 64.8 Å². The summed E-state index contributed by atoms with van der Waals surface area (Å²) in [5.41, 5.74) is 0. The topological polar surface area (TPSA) is 52.9 Å². The number of hydrogen-bond donors (Lipinski definition) is 1. The first kappa shape index (κ1) is 14.0. The van der Waals surface area contributed by atoms with E-state index in [4.69, 9.17) is 5.26 Å². The molecule has 0 atom stereocenters. The normalized spacial score (nSPS) is 24.4. The highest BCUT2D eigenvalue weighted by atomic mass is 16.1. The van der Waals surface area contributed by atoms with Crippen molar-refractivity contribution in [2.24, 2.45) is 11.8 Å². The molecule has 1 fully saturated rings. The van der Waals surface area contributed by atoms with Gasteiger partial charge in [-0.15, -0.1) is 0 Å². The Morgan fingerprint density at radius 1 is 1.29 bits per heavy atom. The van der Waals surface area contributed by atoms with E-state index < -0.39 is 0 Å². The summed E-state index contributed by atoms with van der Waals surface area (Å²) in [6.45, 7) is 4.13. The SMILES string of the molecule is CCC(CC)C(=O)NC1CCC(CC#N)CC1. The van der Waals surface area contributed by atoms with Crippen molar-refractivity contribution in [3.05, 3.63) is 0 Å². The van der Waals surface area contributed by atoms with Gasteiger partial charge in [-0.1, -0.05) is 13.8 Å². The van der Waals surface area contributed by atoms with Crippen LogP contribution in [0, 0.1) is 23.2 Å². The molecule has 0 unspecified atom stereocenters. The predicted molar refractivity (Wildman–Crippen MR) is 68.2 cm³/mol. The van der Waals surface area contributed by atoms with Crippen molar-refractivity contribution in [2.75, 3.05) is 0 Å². The minimum Gasteiger partial charge on any atom is -0.353 e. The van der Waals surface area contributed by atoms with Crippen LogP contribution in [0.25, 0.3) is 0 Å². The van der Waals surface area contributed by atoms with E-state index in [-0.39, 0.29) is 11.8 Å². The summed E-state index contributed by atoms with van der Waals surface area (Å²) >= 11 is 0. The van der Waals surface area contributed by atoms with Crippen LogP contribution in [0.4, 0.5) is 0 Å². The minimum absolute atomic E-state index is 0.173. The van der Waals surface area contributed by atoms with Gasteiger partial charge in [-0.05, 0) is 44.4 Å². The molecular formula is C14H24N2O. The molecule has 0 aromatic rings. The third kappa shape index (κ3) is 4.38. The molecule has 0 saturated heterocycles. The van der Waals surface area contributed by atoms with Gasteiger partial charge in [-0.2, -0.15) is 5.26 Å². The maximum absolute atomic E-state index is 11.9. The Morgan fingerprint density at radius 2 is 1.88 bits per heavy atom. The molecule has 3 nitrogen and oxygen atoms in total. The molecule has 1 aliphatic rings. The van der Waals surface area contributed by atoms with Crippen LogP contribution in [-0.4, -0.2) is 11.9 Å². The lowest BCUT2D eigenvalue weighted by Crippen LogP contribution is -2.40. The number of rotatable bonds is 5. The van der Waals surface area contributed by atoms with E-state index in [1.165, 1.54) is 0 Å². The molecule has 0 heterocycles. The van der Waals surface area contributed by atoms with E-state index in [1.54, 1.807) is 0 Å². The highest BCUT2D eigenvalue weighted by Gasteiger charge is 2.24. The Balaban J connectivity index is 2.30. The van der Waals surface area contributed by atoms with E-state index in [0.717, 1.165) is 38.5 Å². The third-order valence-corrected chi connectivity index (χ3v) is 3.93. The number of amides is 1. The number of nitrogens with one attached hydrogen (secondary N) is 1. The number of carbonyl (C=O) groups is 1. The molecule has 1 aliphatic carbocycles. The average Bonchev–Trinajstić information content (AvgIpc) is 2.33. The molecule has 1 rings (SSSR count). The number of hydrogen-bond acceptors (Lipinski definition) is 2. The number of nitriles is 1. The van der Waals surface area contributed by atoms with Crippen LogP contribution in [0.15, 0.2) is 0 Å². The first-order chi connectivity index (χ1) is 8.21. The highest BCUT2D eigenvalue weighted by Crippen LogP contribution is 2.26. The van der Waals surface area contributed by atoms with Crippen LogP contribution in [-0.2, 0) is 4.79 Å². The number of nitrogens with zero attached hydrogens (tertiary/aromatic N) is 1. The smallest absolute Gasteiger partial charge is 0.223 e. The number of carbonyl (C=O) groups excluding carboxylic acids is 1. The fourth-order valence-corrected chi connectivity index (χ4v) is 2.62. The summed E-state index contributed by atoms with van der Waals surface area (Å²) in [7, 11) is 0. The molecule has 0 spiro atoms. The zero-order valence-electron chi connectivity index (χ0n) is 11.0. The Hall–Kier alpha value is -1.04. The second kappa shape index (κ2) is 7.32. The summed E-state index contributed by atoms with van der Waals surface area (Å²) < 4.78 is 0. The third-order valence-electron chi connectivity index (χ3n) is 3.93. The second-order valence-electron chi connectivity index (χ2n) is 5.10. The van der Waals surface area contributed by atoms with Crippen LogP contribution >= 0.6 is 0 Å². The molecule has 3 heteroatoms. The summed E-state index contributed by atoms with van der Waals surface area (Å²) in [5.74, 6) is 0.951. The van der Waals surface area contributed by atoms with Gasteiger partial charge in [0.2, 0.25) is 5.91 Å². The van der Waals surface area contributed by atoms with Crippen molar-refractivity contribution in [3.8, 4) is 6.07 Å². The second-order valence-corrected chi connectivity index (χ2v) is 5.10. The highest BCUT2D eigenvalue weighted by molar-refractivity contribution is 5.78. The van der Waals surface area contributed by atoms with E-state index in [9.17, 15) is 4.79 Å². The van der Waals surface area contributed by atoms with Gasteiger partial charge >= 0.3 is 0 Å². The van der Waals surface area contributed by atoms with Gasteiger partial charge in [-0.25, -0.2) is 0 Å². The van der Waals surface area contributed by atoms with Crippen molar-refractivity contribution in [1.82, 2.24) is 5.32 Å². The van der Waals surface area contributed by atoms with Crippen LogP contribution in [0.5, 0.6) is 0 Å². The fraction of sp³-hybridized carbons (Fsp3) is 0.857. The first-order valence-corrected chi connectivity index (χ1v) is 6.88. The first-order valence-electron chi connectivity index (χ1n) is 6.88. The molecule has 1 N–H and O–H groups in total. The van der Waals surface area contributed by atoms with E-state index in [1.807, 2.05) is 0 Å². The van der Waals surface area contributed by atoms with Crippen LogP contribution in [0.2, 0.25) is 0 Å². The molecule has 0 aliphatic heterocycles. The van der Waals surface area contributed by atoms with Gasteiger partial charge < -0.3 is 5.32 Å². The van der Waals surface area contributed by atoms with Gasteiger partial charge in [-0.3, -0.25) is 4.79 Å². The Morgan fingerprint density at radius 3 is 2.35 bits per heavy atom. The van der Waals surface area contributed by atoms with E-state index >= 15 is 0 Å². The van der Waals surface area contributed by atoms with E-state index in [2.05, 4.69) is 25.2 Å². The molecule has 0 radical (unpaired) electrons. The molecule has 0 aromatic carbocycles. The lowest BCUT2D eigenvalue weighted by atomic mass is 9.84. The summed E-state index contributed by atoms with van der Waals surface area (Å²) in [6.07, 6.45) is 6.77. The van der Waals surface area contributed by atoms with Crippen molar-refractivity contribution >= 4 is 5.91 Å². The van der Waals surface area contributed by atoms with Crippen LogP contribution in [0.3, 0.4) is 0 Å². The van der Waals surface area contributed by atoms with Crippen molar-refractivity contribution in [1.29, 1.82) is 5.26 Å². The van der Waals surface area contributed by atoms with E-state index in [0.29, 0.717) is 18.4 Å². The molecular weight excluding hydrogens is 212 g/mol. The maximum atomic E-state index is 11.9. The largest absolute Gasteiger partial charge is 0.353 e. The molecule has 0 aromatic heterocycles. The predicted octanol–water partition coefficient (Wildman–Crippen LogP) is 3.01. The van der Waals surface area contributed by atoms with Gasteiger partial charge in [0.1, 0.15) is 0 Å². The lowest BCUT2D eigenvalue weighted by molar-refractivity contribution is -0.126. The van der Waals surface area contributed by atoms with Crippen molar-refractivity contribution < 1.29 is 4.79 Å². The molecule has 17 heavy (non-hydrogen) atoms. The van der Waals surface area contributed by atoms with Gasteiger partial charge in [0.05, 0.1) is 6.07 Å². The summed E-state index contributed by atoms with van der Waals surface area (Å²) in [5, 5.41) is 11.8. The van der Waals surface area contributed by atoms with Gasteiger partial charge in [0.25, 0.3) is 0 Å². The minimum atomic E-state index is 0.173. The fourth-order valence-electron chi connectivity index (χ4n) is 2.62.